The van der Waals surface area contributed by atoms with Crippen LogP contribution in [0.3, 0.4) is 0 Å². The van der Waals surface area contributed by atoms with Gasteiger partial charge in [0.15, 0.2) is 0 Å². The summed E-state index contributed by atoms with van der Waals surface area (Å²) in [7, 11) is 2.89. The minimum absolute atomic E-state index is 0.0109. The average Bonchev–Trinajstić information content (AvgIpc) is 3.19. The van der Waals surface area contributed by atoms with Crippen molar-refractivity contribution in [2.45, 2.75) is 12.8 Å². The molecule has 0 saturated carbocycles. The van der Waals surface area contributed by atoms with Crippen LogP contribution in [0.5, 0.6) is 5.75 Å². The first kappa shape index (κ1) is 16.9. The summed E-state index contributed by atoms with van der Waals surface area (Å²) in [4.78, 5) is 27.9. The van der Waals surface area contributed by atoms with E-state index in [0.717, 1.165) is 17.0 Å². The number of hydrogen-bond acceptors (Lipinski definition) is 7. The molecule has 9 heteroatoms. The van der Waals surface area contributed by atoms with E-state index < -0.39 is 5.97 Å². The molecule has 0 atom stereocenters. The Hall–Kier alpha value is -2.94. The van der Waals surface area contributed by atoms with E-state index >= 15 is 0 Å². The molecule has 0 aliphatic rings. The first-order valence-electron chi connectivity index (χ1n) is 7.46. The van der Waals surface area contributed by atoms with Gasteiger partial charge >= 0.3 is 5.97 Å². The van der Waals surface area contributed by atoms with Crippen LogP contribution >= 0.6 is 11.3 Å². The molecule has 0 aliphatic heterocycles. The van der Waals surface area contributed by atoms with E-state index in [1.807, 2.05) is 29.6 Å². The summed E-state index contributed by atoms with van der Waals surface area (Å²) in [5, 5.41) is 8.84. The second-order valence-electron chi connectivity index (χ2n) is 5.08. The van der Waals surface area contributed by atoms with E-state index in [0.29, 0.717) is 4.96 Å². The SMILES string of the molecule is COC(=O)CCC(=O)Nc1nc2scc(-c3ccccc3OC)n2n1. The number of thiazole rings is 1. The van der Waals surface area contributed by atoms with E-state index in [1.54, 1.807) is 11.6 Å². The highest BCUT2D eigenvalue weighted by molar-refractivity contribution is 7.15. The third kappa shape index (κ3) is 3.61. The van der Waals surface area contributed by atoms with Gasteiger partial charge in [0, 0.05) is 17.4 Å². The number of rotatable bonds is 6. The fourth-order valence-corrected chi connectivity index (χ4v) is 3.10. The zero-order valence-corrected chi connectivity index (χ0v) is 14.5. The Morgan fingerprint density at radius 2 is 2.04 bits per heavy atom. The lowest BCUT2D eigenvalue weighted by Crippen LogP contribution is -2.15. The first-order chi connectivity index (χ1) is 12.1. The summed E-state index contributed by atoms with van der Waals surface area (Å²) in [6, 6.07) is 7.59. The summed E-state index contributed by atoms with van der Waals surface area (Å²) < 4.78 is 11.5. The van der Waals surface area contributed by atoms with Crippen LogP contribution in [0.15, 0.2) is 29.6 Å². The number of carbonyl (C=O) groups is 2. The Morgan fingerprint density at radius 3 is 2.80 bits per heavy atom. The fourth-order valence-electron chi connectivity index (χ4n) is 2.28. The Labute approximate surface area is 147 Å². The Morgan fingerprint density at radius 1 is 1.24 bits per heavy atom. The Kier molecular flexibility index (Phi) is 4.94. The van der Waals surface area contributed by atoms with Crippen LogP contribution in [0, 0.1) is 0 Å². The molecular formula is C16H16N4O4S. The number of para-hydroxylation sites is 1. The van der Waals surface area contributed by atoms with Crippen LogP contribution in [0.1, 0.15) is 12.8 Å². The number of methoxy groups -OCH3 is 2. The molecule has 8 nitrogen and oxygen atoms in total. The molecule has 1 aromatic carbocycles. The highest BCUT2D eigenvalue weighted by Crippen LogP contribution is 2.32. The van der Waals surface area contributed by atoms with E-state index in [-0.39, 0.29) is 24.7 Å². The van der Waals surface area contributed by atoms with Crippen LogP contribution in [-0.2, 0) is 14.3 Å². The van der Waals surface area contributed by atoms with Gasteiger partial charge in [0.1, 0.15) is 5.75 Å². The average molecular weight is 360 g/mol. The van der Waals surface area contributed by atoms with Crippen LogP contribution in [0.4, 0.5) is 5.95 Å². The minimum atomic E-state index is -0.438. The molecular weight excluding hydrogens is 344 g/mol. The second-order valence-corrected chi connectivity index (χ2v) is 5.91. The number of ether oxygens (including phenoxy) is 2. The van der Waals surface area contributed by atoms with Gasteiger partial charge in [-0.1, -0.05) is 12.1 Å². The Balaban J connectivity index is 1.81. The summed E-state index contributed by atoms with van der Waals surface area (Å²) in [6.45, 7) is 0. The lowest BCUT2D eigenvalue weighted by atomic mass is 10.1. The molecule has 3 rings (SSSR count). The largest absolute Gasteiger partial charge is 0.496 e. The van der Waals surface area contributed by atoms with E-state index in [4.69, 9.17) is 4.74 Å². The lowest BCUT2D eigenvalue weighted by Gasteiger charge is -2.06. The van der Waals surface area contributed by atoms with Gasteiger partial charge in [0.2, 0.25) is 16.8 Å². The molecule has 0 radical (unpaired) electrons. The summed E-state index contributed by atoms with van der Waals surface area (Å²) in [5.74, 6) is 0.133. The van der Waals surface area contributed by atoms with Crippen LogP contribution in [-0.4, -0.2) is 40.7 Å². The zero-order valence-electron chi connectivity index (χ0n) is 13.7. The number of amides is 1. The summed E-state index contributed by atoms with van der Waals surface area (Å²) in [5.41, 5.74) is 1.70. The highest BCUT2D eigenvalue weighted by Gasteiger charge is 2.16. The second kappa shape index (κ2) is 7.31. The molecule has 0 unspecified atom stereocenters. The molecule has 3 aromatic rings. The van der Waals surface area contributed by atoms with E-state index in [1.165, 1.54) is 18.4 Å². The molecule has 25 heavy (non-hydrogen) atoms. The smallest absolute Gasteiger partial charge is 0.306 e. The van der Waals surface area contributed by atoms with E-state index in [9.17, 15) is 9.59 Å². The third-order valence-corrected chi connectivity index (χ3v) is 4.32. The molecule has 0 saturated heterocycles. The molecule has 0 fully saturated rings. The normalized spacial score (nSPS) is 10.6. The number of esters is 1. The van der Waals surface area contributed by atoms with Crippen molar-refractivity contribution >= 4 is 34.1 Å². The number of nitrogens with one attached hydrogen (secondary N) is 1. The number of carbonyl (C=O) groups excluding carboxylic acids is 2. The van der Waals surface area contributed by atoms with Crippen LogP contribution < -0.4 is 10.1 Å². The summed E-state index contributed by atoms with van der Waals surface area (Å²) >= 11 is 1.41. The molecule has 130 valence electrons. The van der Waals surface area contributed by atoms with Crippen molar-refractivity contribution in [1.29, 1.82) is 0 Å². The minimum Gasteiger partial charge on any atom is -0.496 e. The predicted octanol–water partition coefficient (Wildman–Crippen LogP) is 2.36. The van der Waals surface area contributed by atoms with Gasteiger partial charge < -0.3 is 9.47 Å². The number of aromatic nitrogens is 3. The van der Waals surface area contributed by atoms with Crippen LogP contribution in [0.25, 0.3) is 16.2 Å². The molecule has 0 aliphatic carbocycles. The van der Waals surface area contributed by atoms with Crippen molar-refractivity contribution in [1.82, 2.24) is 14.6 Å². The van der Waals surface area contributed by atoms with Gasteiger partial charge in [0.05, 0.1) is 26.3 Å². The molecule has 1 amide bonds. The Bertz CT molecular complexity index is 918. The van der Waals surface area contributed by atoms with Crippen molar-refractivity contribution in [2.75, 3.05) is 19.5 Å². The van der Waals surface area contributed by atoms with Gasteiger partial charge in [-0.25, -0.2) is 4.52 Å². The molecule has 2 heterocycles. The highest BCUT2D eigenvalue weighted by atomic mass is 32.1. The molecule has 1 N–H and O–H groups in total. The van der Waals surface area contributed by atoms with Gasteiger partial charge in [0.25, 0.3) is 0 Å². The lowest BCUT2D eigenvalue weighted by molar-refractivity contribution is -0.141. The van der Waals surface area contributed by atoms with Crippen molar-refractivity contribution < 1.29 is 19.1 Å². The summed E-state index contributed by atoms with van der Waals surface area (Å²) in [6.07, 6.45) is 0.0237. The molecule has 0 spiro atoms. The maximum atomic E-state index is 11.9. The van der Waals surface area contributed by atoms with Gasteiger partial charge in [-0.2, -0.15) is 4.98 Å². The topological polar surface area (TPSA) is 94.8 Å². The number of anilines is 1. The van der Waals surface area contributed by atoms with Crippen molar-refractivity contribution in [3.05, 3.63) is 29.6 Å². The standard InChI is InChI=1S/C16H16N4O4S/c1-23-12-6-4-3-5-10(12)11-9-25-16-18-15(19-20(11)16)17-13(21)7-8-14(22)24-2/h3-6,9H,7-8H2,1-2H3,(H,17,19,21). The number of hydrogen-bond donors (Lipinski definition) is 1. The first-order valence-corrected chi connectivity index (χ1v) is 8.34. The van der Waals surface area contributed by atoms with Crippen molar-refractivity contribution in [3.8, 4) is 17.0 Å². The molecule has 0 bridgehead atoms. The quantitative estimate of drug-likeness (QED) is 0.678. The third-order valence-electron chi connectivity index (χ3n) is 3.50. The maximum absolute atomic E-state index is 11.9. The zero-order chi connectivity index (χ0) is 17.8. The fraction of sp³-hybridized carbons (Fsp3) is 0.250. The van der Waals surface area contributed by atoms with Crippen LogP contribution in [0.2, 0.25) is 0 Å². The van der Waals surface area contributed by atoms with Gasteiger partial charge in [-0.3, -0.25) is 14.9 Å². The van der Waals surface area contributed by atoms with Gasteiger partial charge in [-0.05, 0) is 12.1 Å². The maximum Gasteiger partial charge on any atom is 0.306 e. The van der Waals surface area contributed by atoms with Crippen molar-refractivity contribution in [2.24, 2.45) is 0 Å². The van der Waals surface area contributed by atoms with Crippen molar-refractivity contribution in [3.63, 3.8) is 0 Å². The van der Waals surface area contributed by atoms with E-state index in [2.05, 4.69) is 20.1 Å². The number of benzene rings is 1. The number of fused-ring (bicyclic) bond motifs is 1. The predicted molar refractivity (Wildman–Crippen MR) is 92.7 cm³/mol. The number of nitrogens with zero attached hydrogens (tertiary/aromatic N) is 3. The van der Waals surface area contributed by atoms with Gasteiger partial charge in [-0.15, -0.1) is 16.4 Å². The monoisotopic (exact) mass is 360 g/mol. The molecule has 2 aromatic heterocycles.